The van der Waals surface area contributed by atoms with Gasteiger partial charge in [0.15, 0.2) is 11.5 Å². The first-order valence-electron chi connectivity index (χ1n) is 9.21. The first kappa shape index (κ1) is 21.3. The zero-order chi connectivity index (χ0) is 21.5. The standard InChI is InChI=1S/C22H22N2O5S/c1-14(23-20(25)15-7-5-4-6-8-15)22(26)29-12-17-13-30-21(24-17)16-9-10-18(27-2)19(11-16)28-3/h4-11,13-14H,12H2,1-3H3,(H,23,25). The molecule has 7 nitrogen and oxygen atoms in total. The summed E-state index contributed by atoms with van der Waals surface area (Å²) in [6, 6.07) is 13.5. The summed E-state index contributed by atoms with van der Waals surface area (Å²) in [6.45, 7) is 1.60. The second kappa shape index (κ2) is 9.89. The van der Waals surface area contributed by atoms with E-state index in [9.17, 15) is 9.59 Å². The summed E-state index contributed by atoms with van der Waals surface area (Å²) in [5.41, 5.74) is 1.98. The van der Waals surface area contributed by atoms with Crippen molar-refractivity contribution in [2.75, 3.05) is 14.2 Å². The second-order valence-corrected chi connectivity index (χ2v) is 7.24. The molecule has 1 N–H and O–H groups in total. The molecule has 0 radical (unpaired) electrons. The fraction of sp³-hybridized carbons (Fsp3) is 0.227. The molecule has 8 heteroatoms. The number of thiazole rings is 1. The van der Waals surface area contributed by atoms with Gasteiger partial charge in [-0.2, -0.15) is 0 Å². The van der Waals surface area contributed by atoms with Crippen LogP contribution in [0, 0.1) is 0 Å². The second-order valence-electron chi connectivity index (χ2n) is 6.38. The lowest BCUT2D eigenvalue weighted by atomic mass is 10.2. The third-order valence-electron chi connectivity index (χ3n) is 4.28. The largest absolute Gasteiger partial charge is 0.493 e. The Hall–Kier alpha value is -3.39. The molecule has 0 aliphatic heterocycles. The third kappa shape index (κ3) is 5.15. The highest BCUT2D eigenvalue weighted by Crippen LogP contribution is 2.33. The Morgan fingerprint density at radius 1 is 1.07 bits per heavy atom. The molecule has 0 saturated heterocycles. The molecule has 1 atom stereocenters. The Kier molecular flexibility index (Phi) is 7.03. The molecule has 1 amide bonds. The molecular formula is C22H22N2O5S. The number of benzene rings is 2. The fourth-order valence-corrected chi connectivity index (χ4v) is 3.48. The van der Waals surface area contributed by atoms with Crippen molar-refractivity contribution in [1.29, 1.82) is 0 Å². The Balaban J connectivity index is 1.57. The Bertz CT molecular complexity index is 1020. The minimum atomic E-state index is -0.776. The molecular weight excluding hydrogens is 404 g/mol. The summed E-state index contributed by atoms with van der Waals surface area (Å²) < 4.78 is 15.9. The van der Waals surface area contributed by atoms with Crippen LogP contribution in [0.25, 0.3) is 10.6 Å². The fourth-order valence-electron chi connectivity index (χ4n) is 2.67. The number of methoxy groups -OCH3 is 2. The van der Waals surface area contributed by atoms with Gasteiger partial charge in [-0.15, -0.1) is 11.3 Å². The summed E-state index contributed by atoms with van der Waals surface area (Å²) in [6.07, 6.45) is 0. The van der Waals surface area contributed by atoms with Gasteiger partial charge >= 0.3 is 5.97 Å². The first-order valence-corrected chi connectivity index (χ1v) is 10.1. The van der Waals surface area contributed by atoms with Gasteiger partial charge in [-0.25, -0.2) is 9.78 Å². The molecule has 0 aliphatic carbocycles. The number of carbonyl (C=O) groups is 2. The molecule has 3 rings (SSSR count). The SMILES string of the molecule is COc1ccc(-c2nc(COC(=O)C(C)NC(=O)c3ccccc3)cs2)cc1OC. The highest BCUT2D eigenvalue weighted by molar-refractivity contribution is 7.13. The highest BCUT2D eigenvalue weighted by atomic mass is 32.1. The highest BCUT2D eigenvalue weighted by Gasteiger charge is 2.18. The van der Waals surface area contributed by atoms with E-state index in [1.807, 2.05) is 29.6 Å². The van der Waals surface area contributed by atoms with Gasteiger partial charge in [-0.1, -0.05) is 18.2 Å². The average molecular weight is 426 g/mol. The monoisotopic (exact) mass is 426 g/mol. The summed E-state index contributed by atoms with van der Waals surface area (Å²) in [7, 11) is 3.16. The van der Waals surface area contributed by atoms with Gasteiger partial charge in [-0.3, -0.25) is 4.79 Å². The summed E-state index contributed by atoms with van der Waals surface area (Å²) in [4.78, 5) is 28.9. The first-order chi connectivity index (χ1) is 14.5. The van der Waals surface area contributed by atoms with Crippen molar-refractivity contribution in [3.63, 3.8) is 0 Å². The molecule has 156 valence electrons. The normalized spacial score (nSPS) is 11.4. The van der Waals surface area contributed by atoms with E-state index in [1.165, 1.54) is 11.3 Å². The summed E-state index contributed by atoms with van der Waals surface area (Å²) >= 11 is 1.43. The van der Waals surface area contributed by atoms with Crippen molar-refractivity contribution in [3.05, 3.63) is 65.2 Å². The van der Waals surface area contributed by atoms with Gasteiger partial charge in [0.05, 0.1) is 19.9 Å². The lowest BCUT2D eigenvalue weighted by molar-refractivity contribution is -0.146. The third-order valence-corrected chi connectivity index (χ3v) is 5.22. The number of esters is 1. The number of aromatic nitrogens is 1. The van der Waals surface area contributed by atoms with Crippen LogP contribution in [0.2, 0.25) is 0 Å². The van der Waals surface area contributed by atoms with Crippen LogP contribution in [-0.2, 0) is 16.1 Å². The van der Waals surface area contributed by atoms with Gasteiger partial charge in [0.25, 0.3) is 5.91 Å². The molecule has 30 heavy (non-hydrogen) atoms. The van der Waals surface area contributed by atoms with Crippen LogP contribution in [-0.4, -0.2) is 37.1 Å². The van der Waals surface area contributed by atoms with E-state index in [0.717, 1.165) is 10.6 Å². The smallest absolute Gasteiger partial charge is 0.328 e. The zero-order valence-corrected chi connectivity index (χ0v) is 17.7. The number of ether oxygens (including phenoxy) is 3. The minimum absolute atomic E-state index is 0.0220. The Morgan fingerprint density at radius 2 is 1.80 bits per heavy atom. The molecule has 0 aliphatic rings. The van der Waals surface area contributed by atoms with E-state index >= 15 is 0 Å². The minimum Gasteiger partial charge on any atom is -0.493 e. The van der Waals surface area contributed by atoms with E-state index in [-0.39, 0.29) is 12.5 Å². The topological polar surface area (TPSA) is 86.8 Å². The number of hydrogen-bond donors (Lipinski definition) is 1. The van der Waals surface area contributed by atoms with Crippen LogP contribution in [0.3, 0.4) is 0 Å². The van der Waals surface area contributed by atoms with Crippen molar-refractivity contribution in [2.24, 2.45) is 0 Å². The van der Waals surface area contributed by atoms with Crippen molar-refractivity contribution < 1.29 is 23.8 Å². The van der Waals surface area contributed by atoms with Gasteiger partial charge in [0.2, 0.25) is 0 Å². The molecule has 0 spiro atoms. The molecule has 1 heterocycles. The van der Waals surface area contributed by atoms with Crippen LogP contribution in [0.4, 0.5) is 0 Å². The average Bonchev–Trinajstić information content (AvgIpc) is 3.26. The maximum atomic E-state index is 12.2. The number of carbonyl (C=O) groups excluding carboxylic acids is 2. The quantitative estimate of drug-likeness (QED) is 0.553. The predicted octanol–water partition coefficient (Wildman–Crippen LogP) is 3.69. The molecule has 1 unspecified atom stereocenters. The van der Waals surface area contributed by atoms with E-state index in [4.69, 9.17) is 14.2 Å². The van der Waals surface area contributed by atoms with E-state index in [2.05, 4.69) is 10.3 Å². The lowest BCUT2D eigenvalue weighted by Crippen LogP contribution is -2.39. The molecule has 2 aromatic carbocycles. The van der Waals surface area contributed by atoms with Crippen LogP contribution in [0.1, 0.15) is 23.0 Å². The Labute approximate surface area is 178 Å². The van der Waals surface area contributed by atoms with Crippen molar-refractivity contribution in [3.8, 4) is 22.1 Å². The molecule has 0 fully saturated rings. The van der Waals surface area contributed by atoms with Gasteiger partial charge in [0.1, 0.15) is 17.7 Å². The number of rotatable bonds is 8. The predicted molar refractivity (Wildman–Crippen MR) is 114 cm³/mol. The van der Waals surface area contributed by atoms with Crippen LogP contribution >= 0.6 is 11.3 Å². The molecule has 0 saturated carbocycles. The molecule has 1 aromatic heterocycles. The number of nitrogens with one attached hydrogen (secondary N) is 1. The summed E-state index contributed by atoms with van der Waals surface area (Å²) in [5.74, 6) is 0.393. The van der Waals surface area contributed by atoms with Crippen molar-refractivity contribution in [1.82, 2.24) is 10.3 Å². The maximum Gasteiger partial charge on any atom is 0.328 e. The zero-order valence-electron chi connectivity index (χ0n) is 16.9. The molecule has 0 bridgehead atoms. The van der Waals surface area contributed by atoms with E-state index in [0.29, 0.717) is 22.8 Å². The van der Waals surface area contributed by atoms with Gasteiger partial charge < -0.3 is 19.5 Å². The van der Waals surface area contributed by atoms with Crippen LogP contribution in [0.15, 0.2) is 53.9 Å². The number of hydrogen-bond acceptors (Lipinski definition) is 7. The molecule has 3 aromatic rings. The van der Waals surface area contributed by atoms with Crippen molar-refractivity contribution >= 4 is 23.2 Å². The van der Waals surface area contributed by atoms with Gasteiger partial charge in [0, 0.05) is 16.5 Å². The van der Waals surface area contributed by atoms with Crippen LogP contribution in [0.5, 0.6) is 11.5 Å². The summed E-state index contributed by atoms with van der Waals surface area (Å²) in [5, 5.41) is 5.23. The maximum absolute atomic E-state index is 12.2. The number of nitrogens with zero attached hydrogens (tertiary/aromatic N) is 1. The van der Waals surface area contributed by atoms with Crippen molar-refractivity contribution in [2.45, 2.75) is 19.6 Å². The Morgan fingerprint density at radius 3 is 2.50 bits per heavy atom. The van der Waals surface area contributed by atoms with Gasteiger partial charge in [-0.05, 0) is 37.3 Å². The van der Waals surface area contributed by atoms with Crippen LogP contribution < -0.4 is 14.8 Å². The number of amides is 1. The van der Waals surface area contributed by atoms with E-state index in [1.54, 1.807) is 45.4 Å². The van der Waals surface area contributed by atoms with E-state index < -0.39 is 12.0 Å². The lowest BCUT2D eigenvalue weighted by Gasteiger charge is -2.13.